The highest BCUT2D eigenvalue weighted by Gasteiger charge is 2.11. The second kappa shape index (κ2) is 4.06. The number of halogens is 1. The lowest BCUT2D eigenvalue weighted by atomic mass is 10.1. The van der Waals surface area contributed by atoms with Crippen LogP contribution in [0.4, 0.5) is 0 Å². The van der Waals surface area contributed by atoms with Crippen molar-refractivity contribution in [2.24, 2.45) is 0 Å². The van der Waals surface area contributed by atoms with E-state index in [1.165, 1.54) is 11.3 Å². The Morgan fingerprint density at radius 3 is 2.75 bits per heavy atom. The normalized spacial score (nSPS) is 10.2. The molecule has 3 heteroatoms. The highest BCUT2D eigenvalue weighted by molar-refractivity contribution is 7.12. The Morgan fingerprint density at radius 2 is 2.33 bits per heavy atom. The van der Waals surface area contributed by atoms with Crippen LogP contribution in [0.5, 0.6) is 0 Å². The number of carbonyl (C=O) groups excluding carboxylic acids is 1. The third-order valence-electron chi connectivity index (χ3n) is 1.80. The van der Waals surface area contributed by atoms with Crippen LogP contribution in [0.3, 0.4) is 0 Å². The number of hydrogen-bond acceptors (Lipinski definition) is 2. The van der Waals surface area contributed by atoms with Gasteiger partial charge in [-0.05, 0) is 29.9 Å². The summed E-state index contributed by atoms with van der Waals surface area (Å²) in [6.07, 6.45) is 0.889. The smallest absolute Gasteiger partial charge is 0.169 e. The molecule has 0 aliphatic heterocycles. The predicted molar refractivity (Wildman–Crippen MR) is 53.3 cm³/mol. The van der Waals surface area contributed by atoms with E-state index in [2.05, 4.69) is 0 Å². The molecule has 0 radical (unpaired) electrons. The average molecular weight is 203 g/mol. The molecule has 1 nitrogen and oxygen atoms in total. The van der Waals surface area contributed by atoms with E-state index in [9.17, 15) is 4.79 Å². The molecule has 0 unspecified atom stereocenters. The number of rotatable bonds is 3. The first kappa shape index (κ1) is 9.75. The van der Waals surface area contributed by atoms with Gasteiger partial charge in [-0.15, -0.1) is 22.9 Å². The third-order valence-corrected chi connectivity index (χ3v) is 3.26. The molecule has 0 fully saturated rings. The van der Waals surface area contributed by atoms with E-state index in [0.29, 0.717) is 5.88 Å². The van der Waals surface area contributed by atoms with Gasteiger partial charge in [0.2, 0.25) is 0 Å². The largest absolute Gasteiger partial charge is 0.294 e. The zero-order chi connectivity index (χ0) is 9.14. The fourth-order valence-electron chi connectivity index (χ4n) is 1.21. The number of alkyl halides is 1. The van der Waals surface area contributed by atoms with Crippen molar-refractivity contribution < 1.29 is 4.79 Å². The van der Waals surface area contributed by atoms with Crippen LogP contribution >= 0.6 is 22.9 Å². The van der Waals surface area contributed by atoms with Crippen LogP contribution in [0.2, 0.25) is 0 Å². The molecule has 0 aliphatic carbocycles. The Labute approximate surface area is 81.4 Å². The van der Waals surface area contributed by atoms with Crippen molar-refractivity contribution in [1.82, 2.24) is 0 Å². The van der Waals surface area contributed by atoms with Crippen LogP contribution in [0.15, 0.2) is 5.38 Å². The minimum Gasteiger partial charge on any atom is -0.294 e. The third kappa shape index (κ3) is 1.70. The van der Waals surface area contributed by atoms with E-state index in [1.54, 1.807) is 6.92 Å². The molecular formula is C9H11ClOS. The maximum absolute atomic E-state index is 11.1. The zero-order valence-corrected chi connectivity index (χ0v) is 8.76. The number of thiophene rings is 1. The highest BCUT2D eigenvalue weighted by Crippen LogP contribution is 2.24. The summed E-state index contributed by atoms with van der Waals surface area (Å²) in [5.41, 5.74) is 2.23. The summed E-state index contributed by atoms with van der Waals surface area (Å²) in [7, 11) is 0. The van der Waals surface area contributed by atoms with E-state index < -0.39 is 0 Å². The lowest BCUT2D eigenvalue weighted by Crippen LogP contribution is -1.94. The summed E-state index contributed by atoms with van der Waals surface area (Å²) < 4.78 is 0. The van der Waals surface area contributed by atoms with Gasteiger partial charge in [-0.3, -0.25) is 4.79 Å². The van der Waals surface area contributed by atoms with Gasteiger partial charge in [0.1, 0.15) is 0 Å². The van der Waals surface area contributed by atoms with E-state index >= 15 is 0 Å². The molecule has 1 aromatic rings. The number of ketones is 1. The van der Waals surface area contributed by atoms with Crippen LogP contribution in [-0.2, 0) is 12.3 Å². The molecule has 66 valence electrons. The van der Waals surface area contributed by atoms with Crippen molar-refractivity contribution in [2.75, 3.05) is 0 Å². The van der Waals surface area contributed by atoms with Crippen LogP contribution in [0, 0.1) is 0 Å². The lowest BCUT2D eigenvalue weighted by Gasteiger charge is -1.98. The van der Waals surface area contributed by atoms with E-state index in [0.717, 1.165) is 22.4 Å². The monoisotopic (exact) mass is 202 g/mol. The van der Waals surface area contributed by atoms with Crippen molar-refractivity contribution in [3.63, 3.8) is 0 Å². The summed E-state index contributed by atoms with van der Waals surface area (Å²) in [5, 5.41) is 1.97. The molecular weight excluding hydrogens is 192 g/mol. The number of Topliss-reactive ketones (excluding diaryl/α,β-unsaturated/α-hetero) is 1. The van der Waals surface area contributed by atoms with Gasteiger partial charge in [-0.2, -0.15) is 0 Å². The molecule has 0 saturated carbocycles. The Hall–Kier alpha value is -0.340. The van der Waals surface area contributed by atoms with Crippen LogP contribution in [-0.4, -0.2) is 5.78 Å². The minimum atomic E-state index is 0.146. The number of hydrogen-bond donors (Lipinski definition) is 0. The van der Waals surface area contributed by atoms with Crippen molar-refractivity contribution in [3.8, 4) is 0 Å². The molecule has 0 spiro atoms. The summed E-state index contributed by atoms with van der Waals surface area (Å²) in [6, 6.07) is 0. The quantitative estimate of drug-likeness (QED) is 0.543. The van der Waals surface area contributed by atoms with Crippen molar-refractivity contribution >= 4 is 28.7 Å². The number of carbonyl (C=O) groups is 1. The van der Waals surface area contributed by atoms with Crippen molar-refractivity contribution in [1.29, 1.82) is 0 Å². The summed E-state index contributed by atoms with van der Waals surface area (Å²) in [5.74, 6) is 0.653. The maximum atomic E-state index is 11.1. The maximum Gasteiger partial charge on any atom is 0.169 e. The van der Waals surface area contributed by atoms with Gasteiger partial charge in [-0.25, -0.2) is 0 Å². The topological polar surface area (TPSA) is 17.1 Å². The molecule has 12 heavy (non-hydrogen) atoms. The Balaban J connectivity index is 3.13. The van der Waals surface area contributed by atoms with E-state index in [-0.39, 0.29) is 5.78 Å². The summed E-state index contributed by atoms with van der Waals surface area (Å²) in [4.78, 5) is 12.0. The van der Waals surface area contributed by atoms with Crippen LogP contribution in [0.1, 0.15) is 34.6 Å². The van der Waals surface area contributed by atoms with Gasteiger partial charge in [-0.1, -0.05) is 6.92 Å². The summed E-state index contributed by atoms with van der Waals surface area (Å²) >= 11 is 7.22. The molecule has 0 aromatic carbocycles. The summed E-state index contributed by atoms with van der Waals surface area (Å²) in [6.45, 7) is 3.65. The average Bonchev–Trinajstić information content (AvgIpc) is 2.46. The Kier molecular flexibility index (Phi) is 3.29. The zero-order valence-electron chi connectivity index (χ0n) is 7.19. The Bertz CT molecular complexity index is 291. The van der Waals surface area contributed by atoms with Crippen LogP contribution in [0.25, 0.3) is 0 Å². The minimum absolute atomic E-state index is 0.146. The van der Waals surface area contributed by atoms with Gasteiger partial charge < -0.3 is 0 Å². The lowest BCUT2D eigenvalue weighted by molar-refractivity contribution is 0.102. The fourth-order valence-corrected chi connectivity index (χ4v) is 2.61. The van der Waals surface area contributed by atoms with Gasteiger partial charge in [0.25, 0.3) is 0 Å². The molecule has 0 bridgehead atoms. The van der Waals surface area contributed by atoms with Crippen LogP contribution < -0.4 is 0 Å². The SMILES string of the molecule is CCc1c(CCl)csc1C(C)=O. The van der Waals surface area contributed by atoms with E-state index in [1.807, 2.05) is 12.3 Å². The van der Waals surface area contributed by atoms with E-state index in [4.69, 9.17) is 11.6 Å². The molecule has 0 amide bonds. The predicted octanol–water partition coefficient (Wildman–Crippen LogP) is 3.25. The standard InChI is InChI=1S/C9H11ClOS/c1-3-8-7(4-10)5-12-9(8)6(2)11/h5H,3-4H2,1-2H3. The molecule has 0 saturated heterocycles. The van der Waals surface area contributed by atoms with Gasteiger partial charge in [0.05, 0.1) is 4.88 Å². The van der Waals surface area contributed by atoms with Crippen molar-refractivity contribution in [3.05, 3.63) is 21.4 Å². The molecule has 0 N–H and O–H groups in total. The Morgan fingerprint density at radius 1 is 1.67 bits per heavy atom. The molecule has 1 aromatic heterocycles. The first-order valence-corrected chi connectivity index (χ1v) is 5.28. The molecule has 0 aliphatic rings. The second-order valence-electron chi connectivity index (χ2n) is 2.61. The van der Waals surface area contributed by atoms with Gasteiger partial charge in [0.15, 0.2) is 5.78 Å². The fraction of sp³-hybridized carbons (Fsp3) is 0.444. The second-order valence-corrected chi connectivity index (χ2v) is 3.76. The molecule has 1 rings (SSSR count). The molecule has 0 atom stereocenters. The van der Waals surface area contributed by atoms with Gasteiger partial charge in [0, 0.05) is 5.88 Å². The molecule has 1 heterocycles. The first-order valence-electron chi connectivity index (χ1n) is 3.86. The van der Waals surface area contributed by atoms with Crippen molar-refractivity contribution in [2.45, 2.75) is 26.1 Å². The first-order chi connectivity index (χ1) is 5.70. The van der Waals surface area contributed by atoms with Gasteiger partial charge >= 0.3 is 0 Å². The highest BCUT2D eigenvalue weighted by atomic mass is 35.5.